The molecule has 140 valence electrons. The summed E-state index contributed by atoms with van der Waals surface area (Å²) in [5.74, 6) is 1.31. The molecule has 1 saturated heterocycles. The fourth-order valence-electron chi connectivity index (χ4n) is 3.77. The Morgan fingerprint density at radius 3 is 2.63 bits per heavy atom. The Balaban J connectivity index is 1.40. The molecule has 0 radical (unpaired) electrons. The molecular formula is C22H26N4O. The molecule has 1 amide bonds. The maximum atomic E-state index is 11.9. The quantitative estimate of drug-likeness (QED) is 0.694. The number of hydrogen-bond donors (Lipinski definition) is 1. The molecule has 27 heavy (non-hydrogen) atoms. The molecule has 1 aromatic heterocycles. The van der Waals surface area contributed by atoms with Crippen LogP contribution in [0.25, 0.3) is 11.0 Å². The molecule has 2 aromatic carbocycles. The van der Waals surface area contributed by atoms with E-state index < -0.39 is 0 Å². The van der Waals surface area contributed by atoms with E-state index in [0.717, 1.165) is 56.0 Å². The van der Waals surface area contributed by atoms with Crippen molar-refractivity contribution in [3.63, 3.8) is 0 Å². The Labute approximate surface area is 160 Å². The monoisotopic (exact) mass is 362 g/mol. The van der Waals surface area contributed by atoms with Crippen LogP contribution in [-0.4, -0.2) is 22.0 Å². The van der Waals surface area contributed by atoms with E-state index in [-0.39, 0.29) is 5.91 Å². The number of imidazole rings is 1. The summed E-state index contributed by atoms with van der Waals surface area (Å²) in [6.45, 7) is 5.53. The van der Waals surface area contributed by atoms with Crippen LogP contribution in [0.4, 0.5) is 5.69 Å². The van der Waals surface area contributed by atoms with Gasteiger partial charge in [-0.15, -0.1) is 0 Å². The maximum absolute atomic E-state index is 11.9. The Kier molecular flexibility index (Phi) is 5.21. The number of aryl methyl sites for hydroxylation is 1. The number of carbonyl (C=O) groups excluding carboxylic acids is 1. The minimum absolute atomic E-state index is 0.232. The normalized spacial score (nSPS) is 14.4. The topological polar surface area (TPSA) is 50.2 Å². The average molecular weight is 362 g/mol. The van der Waals surface area contributed by atoms with Gasteiger partial charge in [-0.25, -0.2) is 4.98 Å². The van der Waals surface area contributed by atoms with Crippen molar-refractivity contribution in [2.75, 3.05) is 11.4 Å². The second-order valence-electron chi connectivity index (χ2n) is 7.09. The molecule has 5 nitrogen and oxygen atoms in total. The first kappa shape index (κ1) is 17.7. The standard InChI is InChI=1S/C22H26N4O/c1-2-13-26-20-7-4-3-6-19(20)24-21(26)16-23-15-17-9-11-18(12-10-17)25-14-5-8-22(25)27/h3-4,6-7,9-12,23H,2,5,8,13-16H2,1H3. The highest BCUT2D eigenvalue weighted by Gasteiger charge is 2.21. The highest BCUT2D eigenvalue weighted by molar-refractivity contribution is 5.95. The summed E-state index contributed by atoms with van der Waals surface area (Å²) in [6.07, 6.45) is 2.72. The van der Waals surface area contributed by atoms with E-state index in [4.69, 9.17) is 4.98 Å². The molecule has 0 unspecified atom stereocenters. The zero-order chi connectivity index (χ0) is 18.6. The number of hydrogen-bond acceptors (Lipinski definition) is 3. The van der Waals surface area contributed by atoms with Crippen molar-refractivity contribution >= 4 is 22.6 Å². The van der Waals surface area contributed by atoms with Crippen molar-refractivity contribution in [2.45, 2.75) is 45.8 Å². The van der Waals surface area contributed by atoms with Crippen LogP contribution in [0, 0.1) is 0 Å². The molecule has 0 spiro atoms. The average Bonchev–Trinajstić information content (AvgIpc) is 3.27. The zero-order valence-corrected chi connectivity index (χ0v) is 15.8. The molecule has 0 bridgehead atoms. The van der Waals surface area contributed by atoms with Gasteiger partial charge in [-0.2, -0.15) is 0 Å². The number of carbonyl (C=O) groups is 1. The van der Waals surface area contributed by atoms with Crippen LogP contribution in [0.15, 0.2) is 48.5 Å². The Morgan fingerprint density at radius 1 is 1.07 bits per heavy atom. The second-order valence-corrected chi connectivity index (χ2v) is 7.09. The molecule has 1 aliphatic rings. The van der Waals surface area contributed by atoms with E-state index in [2.05, 4.69) is 47.1 Å². The zero-order valence-electron chi connectivity index (χ0n) is 15.8. The molecule has 1 N–H and O–H groups in total. The van der Waals surface area contributed by atoms with E-state index in [1.54, 1.807) is 0 Å². The highest BCUT2D eigenvalue weighted by atomic mass is 16.2. The second kappa shape index (κ2) is 7.92. The molecule has 2 heterocycles. The molecular weight excluding hydrogens is 336 g/mol. The minimum Gasteiger partial charge on any atom is -0.327 e. The van der Waals surface area contributed by atoms with Crippen molar-refractivity contribution in [1.82, 2.24) is 14.9 Å². The van der Waals surface area contributed by atoms with Crippen LogP contribution in [0.5, 0.6) is 0 Å². The third kappa shape index (κ3) is 3.74. The van der Waals surface area contributed by atoms with Gasteiger partial charge in [0.1, 0.15) is 5.82 Å². The third-order valence-electron chi connectivity index (χ3n) is 5.11. The van der Waals surface area contributed by atoms with Crippen molar-refractivity contribution in [3.05, 3.63) is 59.9 Å². The van der Waals surface area contributed by atoms with Gasteiger partial charge in [-0.05, 0) is 42.7 Å². The van der Waals surface area contributed by atoms with Crippen LogP contribution in [0.2, 0.25) is 0 Å². The number of anilines is 1. The van der Waals surface area contributed by atoms with Gasteiger partial charge < -0.3 is 14.8 Å². The molecule has 0 atom stereocenters. The van der Waals surface area contributed by atoms with Crippen molar-refractivity contribution < 1.29 is 4.79 Å². The van der Waals surface area contributed by atoms with E-state index >= 15 is 0 Å². The van der Waals surface area contributed by atoms with Crippen LogP contribution >= 0.6 is 0 Å². The van der Waals surface area contributed by atoms with Gasteiger partial charge in [0.25, 0.3) is 0 Å². The van der Waals surface area contributed by atoms with Crippen molar-refractivity contribution in [2.24, 2.45) is 0 Å². The fraction of sp³-hybridized carbons (Fsp3) is 0.364. The first-order valence-corrected chi connectivity index (χ1v) is 9.80. The molecule has 1 fully saturated rings. The van der Waals surface area contributed by atoms with Gasteiger partial charge in [0.15, 0.2) is 0 Å². The summed E-state index contributed by atoms with van der Waals surface area (Å²) < 4.78 is 2.31. The Morgan fingerprint density at radius 2 is 1.89 bits per heavy atom. The third-order valence-corrected chi connectivity index (χ3v) is 5.11. The number of para-hydroxylation sites is 2. The maximum Gasteiger partial charge on any atom is 0.227 e. The summed E-state index contributed by atoms with van der Waals surface area (Å²) in [6, 6.07) is 16.6. The van der Waals surface area contributed by atoms with E-state index in [1.165, 1.54) is 11.1 Å². The summed E-state index contributed by atoms with van der Waals surface area (Å²) in [5.41, 5.74) is 4.48. The lowest BCUT2D eigenvalue weighted by Gasteiger charge is -2.16. The van der Waals surface area contributed by atoms with Crippen molar-refractivity contribution in [1.29, 1.82) is 0 Å². The SMILES string of the molecule is CCCn1c(CNCc2ccc(N3CCCC3=O)cc2)nc2ccccc21. The number of amides is 1. The number of nitrogens with zero attached hydrogens (tertiary/aromatic N) is 3. The Hall–Kier alpha value is -2.66. The van der Waals surface area contributed by atoms with Gasteiger partial charge in [-0.1, -0.05) is 31.2 Å². The number of rotatable bonds is 7. The molecule has 5 heteroatoms. The number of fused-ring (bicyclic) bond motifs is 1. The Bertz CT molecular complexity index is 929. The number of benzene rings is 2. The van der Waals surface area contributed by atoms with Gasteiger partial charge >= 0.3 is 0 Å². The molecule has 0 saturated carbocycles. The predicted molar refractivity (Wildman–Crippen MR) is 109 cm³/mol. The van der Waals surface area contributed by atoms with Gasteiger partial charge in [-0.3, -0.25) is 4.79 Å². The van der Waals surface area contributed by atoms with Crippen LogP contribution in [-0.2, 0) is 24.4 Å². The number of nitrogens with one attached hydrogen (secondary N) is 1. The largest absolute Gasteiger partial charge is 0.327 e. The van der Waals surface area contributed by atoms with E-state index in [9.17, 15) is 4.79 Å². The first-order chi connectivity index (χ1) is 13.3. The summed E-state index contributed by atoms with van der Waals surface area (Å²) in [4.78, 5) is 18.5. The summed E-state index contributed by atoms with van der Waals surface area (Å²) in [7, 11) is 0. The molecule has 0 aliphatic carbocycles. The molecule has 1 aliphatic heterocycles. The van der Waals surface area contributed by atoms with Gasteiger partial charge in [0.2, 0.25) is 5.91 Å². The van der Waals surface area contributed by atoms with Crippen LogP contribution in [0.1, 0.15) is 37.6 Å². The minimum atomic E-state index is 0.232. The first-order valence-electron chi connectivity index (χ1n) is 9.80. The van der Waals surface area contributed by atoms with Crippen LogP contribution < -0.4 is 10.2 Å². The molecule has 4 rings (SSSR count). The molecule has 3 aromatic rings. The summed E-state index contributed by atoms with van der Waals surface area (Å²) >= 11 is 0. The van der Waals surface area contributed by atoms with Crippen molar-refractivity contribution in [3.8, 4) is 0 Å². The smallest absolute Gasteiger partial charge is 0.227 e. The number of aromatic nitrogens is 2. The van der Waals surface area contributed by atoms with Crippen LogP contribution in [0.3, 0.4) is 0 Å². The van der Waals surface area contributed by atoms with E-state index in [1.807, 2.05) is 23.1 Å². The fourth-order valence-corrected chi connectivity index (χ4v) is 3.77. The lowest BCUT2D eigenvalue weighted by atomic mass is 10.2. The predicted octanol–water partition coefficient (Wildman–Crippen LogP) is 3.86. The summed E-state index contributed by atoms with van der Waals surface area (Å²) in [5, 5.41) is 3.51. The van der Waals surface area contributed by atoms with Gasteiger partial charge in [0.05, 0.1) is 17.6 Å². The van der Waals surface area contributed by atoms with Gasteiger partial charge in [0, 0.05) is 31.7 Å². The van der Waals surface area contributed by atoms with E-state index in [0.29, 0.717) is 6.42 Å². The lowest BCUT2D eigenvalue weighted by molar-refractivity contribution is -0.117. The lowest BCUT2D eigenvalue weighted by Crippen LogP contribution is -2.23. The highest BCUT2D eigenvalue weighted by Crippen LogP contribution is 2.21.